The van der Waals surface area contributed by atoms with Crippen molar-refractivity contribution < 1.29 is 4.79 Å². The van der Waals surface area contributed by atoms with Crippen molar-refractivity contribution in [3.63, 3.8) is 0 Å². The molecule has 1 rings (SSSR count). The molecule has 3 nitrogen and oxygen atoms in total. The average molecular weight is 241 g/mol. The van der Waals surface area contributed by atoms with Crippen molar-refractivity contribution in [3.05, 3.63) is 28.8 Å². The number of halogens is 1. The third-order valence-corrected chi connectivity index (χ3v) is 2.64. The highest BCUT2D eigenvalue weighted by Gasteiger charge is 2.13. The van der Waals surface area contributed by atoms with E-state index in [4.69, 9.17) is 11.6 Å². The van der Waals surface area contributed by atoms with Crippen LogP contribution in [0.4, 0.5) is 5.69 Å². The SMILES string of the molecule is CCNC(=O)C(C)Nc1c(C)cccc1Cl. The highest BCUT2D eigenvalue weighted by molar-refractivity contribution is 6.33. The van der Waals surface area contributed by atoms with Gasteiger partial charge in [0.15, 0.2) is 0 Å². The molecule has 0 heterocycles. The molecule has 1 aromatic carbocycles. The third-order valence-electron chi connectivity index (χ3n) is 2.33. The number of anilines is 1. The molecule has 1 amide bonds. The van der Waals surface area contributed by atoms with E-state index in [0.29, 0.717) is 11.6 Å². The Morgan fingerprint density at radius 2 is 2.19 bits per heavy atom. The molecule has 0 saturated carbocycles. The lowest BCUT2D eigenvalue weighted by Gasteiger charge is -2.17. The summed E-state index contributed by atoms with van der Waals surface area (Å²) in [5.74, 6) is -0.0261. The number of aryl methyl sites for hydroxylation is 1. The minimum atomic E-state index is -0.293. The first-order chi connectivity index (χ1) is 7.56. The normalized spacial score (nSPS) is 12.0. The Balaban J connectivity index is 2.76. The predicted octanol–water partition coefficient (Wildman–Crippen LogP) is 2.58. The maximum absolute atomic E-state index is 11.6. The highest BCUT2D eigenvalue weighted by Crippen LogP contribution is 2.25. The van der Waals surface area contributed by atoms with Gasteiger partial charge in [0.1, 0.15) is 6.04 Å². The van der Waals surface area contributed by atoms with Crippen molar-refractivity contribution >= 4 is 23.2 Å². The van der Waals surface area contributed by atoms with E-state index in [1.807, 2.05) is 32.9 Å². The van der Waals surface area contributed by atoms with Gasteiger partial charge in [0, 0.05) is 6.54 Å². The Morgan fingerprint density at radius 1 is 1.50 bits per heavy atom. The number of nitrogens with one attached hydrogen (secondary N) is 2. The summed E-state index contributed by atoms with van der Waals surface area (Å²) in [5.41, 5.74) is 1.85. The van der Waals surface area contributed by atoms with Crippen LogP contribution in [0.1, 0.15) is 19.4 Å². The van der Waals surface area contributed by atoms with Crippen molar-refractivity contribution in [2.75, 3.05) is 11.9 Å². The minimum absolute atomic E-state index is 0.0261. The van der Waals surface area contributed by atoms with E-state index in [1.54, 1.807) is 6.07 Å². The largest absolute Gasteiger partial charge is 0.372 e. The molecule has 1 atom stereocenters. The van der Waals surface area contributed by atoms with Crippen molar-refractivity contribution in [1.29, 1.82) is 0 Å². The van der Waals surface area contributed by atoms with Crippen LogP contribution in [0.3, 0.4) is 0 Å². The van der Waals surface area contributed by atoms with E-state index < -0.39 is 0 Å². The number of carbonyl (C=O) groups excluding carboxylic acids is 1. The van der Waals surface area contributed by atoms with Gasteiger partial charge in [0.2, 0.25) is 5.91 Å². The predicted molar refractivity (Wildman–Crippen MR) is 68.0 cm³/mol. The van der Waals surface area contributed by atoms with E-state index in [2.05, 4.69) is 10.6 Å². The van der Waals surface area contributed by atoms with E-state index >= 15 is 0 Å². The number of hydrogen-bond donors (Lipinski definition) is 2. The molecule has 0 radical (unpaired) electrons. The van der Waals surface area contributed by atoms with Gasteiger partial charge in [-0.05, 0) is 32.4 Å². The lowest BCUT2D eigenvalue weighted by molar-refractivity contribution is -0.121. The quantitative estimate of drug-likeness (QED) is 0.850. The molecule has 0 fully saturated rings. The molecule has 0 aliphatic carbocycles. The summed E-state index contributed by atoms with van der Waals surface area (Å²) >= 11 is 6.06. The lowest BCUT2D eigenvalue weighted by Crippen LogP contribution is -2.37. The van der Waals surface area contributed by atoms with E-state index in [-0.39, 0.29) is 11.9 Å². The summed E-state index contributed by atoms with van der Waals surface area (Å²) in [5, 5.41) is 6.51. The number of carbonyl (C=O) groups is 1. The molecular formula is C12H17ClN2O. The number of amides is 1. The van der Waals surface area contributed by atoms with Crippen LogP contribution in [0.2, 0.25) is 5.02 Å². The minimum Gasteiger partial charge on any atom is -0.372 e. The monoisotopic (exact) mass is 240 g/mol. The maximum atomic E-state index is 11.6. The van der Waals surface area contributed by atoms with E-state index in [9.17, 15) is 4.79 Å². The molecule has 4 heteroatoms. The summed E-state index contributed by atoms with van der Waals surface area (Å²) in [7, 11) is 0. The second-order valence-corrected chi connectivity index (χ2v) is 4.10. The van der Waals surface area contributed by atoms with Gasteiger partial charge in [-0.15, -0.1) is 0 Å². The zero-order valence-electron chi connectivity index (χ0n) is 9.80. The van der Waals surface area contributed by atoms with Crippen molar-refractivity contribution in [2.24, 2.45) is 0 Å². The number of hydrogen-bond acceptors (Lipinski definition) is 2. The fourth-order valence-corrected chi connectivity index (χ4v) is 1.70. The fraction of sp³-hybridized carbons (Fsp3) is 0.417. The Hall–Kier alpha value is -1.22. The van der Waals surface area contributed by atoms with Gasteiger partial charge in [0.25, 0.3) is 0 Å². The summed E-state index contributed by atoms with van der Waals surface area (Å²) in [4.78, 5) is 11.6. The van der Waals surface area contributed by atoms with Gasteiger partial charge < -0.3 is 10.6 Å². The van der Waals surface area contributed by atoms with Crippen LogP contribution in [0.15, 0.2) is 18.2 Å². The van der Waals surface area contributed by atoms with Gasteiger partial charge in [0.05, 0.1) is 10.7 Å². The number of rotatable bonds is 4. The summed E-state index contributed by atoms with van der Waals surface area (Å²) in [6.45, 7) is 6.30. The number of para-hydroxylation sites is 1. The zero-order valence-corrected chi connectivity index (χ0v) is 10.6. The number of likely N-dealkylation sites (N-methyl/N-ethyl adjacent to an activating group) is 1. The first kappa shape index (κ1) is 12.8. The average Bonchev–Trinajstić information content (AvgIpc) is 2.23. The van der Waals surface area contributed by atoms with Crippen LogP contribution in [-0.2, 0) is 4.79 Å². The summed E-state index contributed by atoms with van der Waals surface area (Å²) in [6, 6.07) is 5.36. The standard InChI is InChI=1S/C12H17ClN2O/c1-4-14-12(16)9(3)15-11-8(2)6-5-7-10(11)13/h5-7,9,15H,4H2,1-3H3,(H,14,16). The van der Waals surface area contributed by atoms with Crippen LogP contribution in [0.25, 0.3) is 0 Å². The van der Waals surface area contributed by atoms with E-state index in [0.717, 1.165) is 11.3 Å². The second-order valence-electron chi connectivity index (χ2n) is 3.69. The van der Waals surface area contributed by atoms with Crippen LogP contribution in [0, 0.1) is 6.92 Å². The van der Waals surface area contributed by atoms with Crippen molar-refractivity contribution in [2.45, 2.75) is 26.8 Å². The van der Waals surface area contributed by atoms with Gasteiger partial charge >= 0.3 is 0 Å². The van der Waals surface area contributed by atoms with Crippen LogP contribution in [-0.4, -0.2) is 18.5 Å². The molecule has 0 saturated heterocycles. The van der Waals surface area contributed by atoms with Crippen LogP contribution in [0.5, 0.6) is 0 Å². The lowest BCUT2D eigenvalue weighted by atomic mass is 10.2. The summed E-state index contributed by atoms with van der Waals surface area (Å²) < 4.78 is 0. The molecule has 0 bridgehead atoms. The molecule has 0 aliphatic rings. The first-order valence-electron chi connectivity index (χ1n) is 5.35. The van der Waals surface area contributed by atoms with Gasteiger partial charge in [-0.2, -0.15) is 0 Å². The van der Waals surface area contributed by atoms with Gasteiger partial charge in [-0.25, -0.2) is 0 Å². The molecule has 2 N–H and O–H groups in total. The zero-order chi connectivity index (χ0) is 12.1. The molecule has 1 aromatic rings. The van der Waals surface area contributed by atoms with Gasteiger partial charge in [-0.3, -0.25) is 4.79 Å². The molecule has 88 valence electrons. The molecule has 0 aliphatic heterocycles. The highest BCUT2D eigenvalue weighted by atomic mass is 35.5. The van der Waals surface area contributed by atoms with Crippen molar-refractivity contribution in [1.82, 2.24) is 5.32 Å². The molecular weight excluding hydrogens is 224 g/mol. The molecule has 16 heavy (non-hydrogen) atoms. The second kappa shape index (κ2) is 5.75. The molecule has 1 unspecified atom stereocenters. The smallest absolute Gasteiger partial charge is 0.242 e. The van der Waals surface area contributed by atoms with Crippen molar-refractivity contribution in [3.8, 4) is 0 Å². The van der Waals surface area contributed by atoms with Crippen LogP contribution < -0.4 is 10.6 Å². The first-order valence-corrected chi connectivity index (χ1v) is 5.73. The maximum Gasteiger partial charge on any atom is 0.242 e. The van der Waals surface area contributed by atoms with E-state index in [1.165, 1.54) is 0 Å². The Kier molecular flexibility index (Phi) is 4.62. The Labute approximate surface area is 101 Å². The van der Waals surface area contributed by atoms with Gasteiger partial charge in [-0.1, -0.05) is 23.7 Å². The third kappa shape index (κ3) is 3.14. The Morgan fingerprint density at radius 3 is 2.75 bits per heavy atom. The summed E-state index contributed by atoms with van der Waals surface area (Å²) in [6.07, 6.45) is 0. The van der Waals surface area contributed by atoms with Crippen LogP contribution >= 0.6 is 11.6 Å². The molecule has 0 spiro atoms. The Bertz CT molecular complexity index is 359. The fourth-order valence-electron chi connectivity index (χ4n) is 1.42. The number of benzene rings is 1. The topological polar surface area (TPSA) is 41.1 Å². The molecule has 0 aromatic heterocycles.